The third-order valence-corrected chi connectivity index (χ3v) is 4.05. The van der Waals surface area contributed by atoms with E-state index < -0.39 is 0 Å². The first-order chi connectivity index (χ1) is 8.33. The zero-order valence-electron chi connectivity index (χ0n) is 9.62. The lowest BCUT2D eigenvalue weighted by Gasteiger charge is -2.49. The molecule has 2 heterocycles. The zero-order chi connectivity index (χ0) is 11.7. The molecule has 3 rings (SSSR count). The Labute approximate surface area is 106 Å². The molecule has 0 aliphatic carbocycles. The van der Waals surface area contributed by atoms with Crippen LogP contribution in [0.4, 0.5) is 0 Å². The molecule has 4 heteroatoms. The number of benzene rings is 1. The van der Waals surface area contributed by atoms with Gasteiger partial charge in [-0.05, 0) is 11.6 Å². The Kier molecular flexibility index (Phi) is 3.09. The van der Waals surface area contributed by atoms with E-state index in [0.29, 0.717) is 6.04 Å². The predicted octanol–water partition coefficient (Wildman–Crippen LogP) is 1.60. The van der Waals surface area contributed by atoms with E-state index in [0.717, 1.165) is 38.0 Å². The largest absolute Gasteiger partial charge is 0.379 e. The Hall–Kier alpha value is -0.610. The van der Waals surface area contributed by atoms with Crippen molar-refractivity contribution in [3.05, 3.63) is 34.9 Å². The molecular weight excluding hydrogens is 238 g/mol. The molecule has 0 saturated carbocycles. The van der Waals surface area contributed by atoms with Crippen LogP contribution in [0.25, 0.3) is 0 Å². The molecular formula is C13H16ClNO2. The van der Waals surface area contributed by atoms with Gasteiger partial charge in [0.15, 0.2) is 0 Å². The highest BCUT2D eigenvalue weighted by molar-refractivity contribution is 6.31. The molecule has 1 unspecified atom stereocenters. The van der Waals surface area contributed by atoms with Crippen LogP contribution < -0.4 is 5.32 Å². The lowest BCUT2D eigenvalue weighted by Crippen LogP contribution is -2.64. The molecule has 17 heavy (non-hydrogen) atoms. The minimum absolute atomic E-state index is 0.0151. The van der Waals surface area contributed by atoms with Crippen LogP contribution in [0, 0.1) is 0 Å². The molecule has 1 N–H and O–H groups in total. The topological polar surface area (TPSA) is 30.5 Å². The number of rotatable bonds is 2. The van der Waals surface area contributed by atoms with Crippen LogP contribution in [0.1, 0.15) is 5.56 Å². The van der Waals surface area contributed by atoms with Crippen molar-refractivity contribution in [2.24, 2.45) is 0 Å². The van der Waals surface area contributed by atoms with Crippen LogP contribution in [0.3, 0.4) is 0 Å². The summed E-state index contributed by atoms with van der Waals surface area (Å²) in [5, 5.41) is 4.35. The summed E-state index contributed by atoms with van der Waals surface area (Å²) in [6.45, 7) is 3.86. The van der Waals surface area contributed by atoms with Gasteiger partial charge in [-0.15, -0.1) is 0 Å². The minimum Gasteiger partial charge on any atom is -0.379 e. The van der Waals surface area contributed by atoms with Crippen LogP contribution in [0.15, 0.2) is 24.3 Å². The second kappa shape index (κ2) is 4.58. The quantitative estimate of drug-likeness (QED) is 0.869. The molecule has 1 aromatic rings. The SMILES string of the molecule is Clc1ccccc1C1(C2COCCN2)COC1. The first-order valence-electron chi connectivity index (χ1n) is 5.97. The molecule has 0 bridgehead atoms. The Morgan fingerprint density at radius 1 is 1.24 bits per heavy atom. The van der Waals surface area contributed by atoms with Gasteiger partial charge in [-0.2, -0.15) is 0 Å². The van der Waals surface area contributed by atoms with E-state index in [1.807, 2.05) is 18.2 Å². The van der Waals surface area contributed by atoms with E-state index in [4.69, 9.17) is 21.1 Å². The third-order valence-electron chi connectivity index (χ3n) is 3.72. The van der Waals surface area contributed by atoms with Crippen LogP contribution in [-0.4, -0.2) is 39.0 Å². The van der Waals surface area contributed by atoms with Crippen molar-refractivity contribution in [1.29, 1.82) is 0 Å². The lowest BCUT2D eigenvalue weighted by molar-refractivity contribution is -0.101. The molecule has 0 radical (unpaired) electrons. The zero-order valence-corrected chi connectivity index (χ0v) is 10.4. The summed E-state index contributed by atoms with van der Waals surface area (Å²) in [6, 6.07) is 8.33. The normalized spacial score (nSPS) is 27.5. The van der Waals surface area contributed by atoms with Crippen molar-refractivity contribution in [3.8, 4) is 0 Å². The fraction of sp³-hybridized carbons (Fsp3) is 0.538. The maximum Gasteiger partial charge on any atom is 0.0630 e. The summed E-state index contributed by atoms with van der Waals surface area (Å²) in [7, 11) is 0. The monoisotopic (exact) mass is 253 g/mol. The van der Waals surface area contributed by atoms with Gasteiger partial charge in [0.1, 0.15) is 0 Å². The number of halogens is 1. The summed E-state index contributed by atoms with van der Waals surface area (Å²) in [5.41, 5.74) is 1.16. The number of nitrogens with one attached hydrogen (secondary N) is 1. The first kappa shape index (κ1) is 11.5. The van der Waals surface area contributed by atoms with Crippen molar-refractivity contribution >= 4 is 11.6 Å². The van der Waals surface area contributed by atoms with Crippen molar-refractivity contribution in [1.82, 2.24) is 5.32 Å². The Bertz CT molecular complexity index is 400. The maximum atomic E-state index is 6.32. The number of hydrogen-bond acceptors (Lipinski definition) is 3. The Balaban J connectivity index is 1.93. The lowest BCUT2D eigenvalue weighted by atomic mass is 9.72. The molecule has 0 spiro atoms. The van der Waals surface area contributed by atoms with Gasteiger partial charge in [0, 0.05) is 17.6 Å². The standard InChI is InChI=1S/C13H16ClNO2/c14-11-4-2-1-3-10(11)13(8-17-9-13)12-7-16-6-5-15-12/h1-4,12,15H,5-9H2. The molecule has 1 atom stereocenters. The van der Waals surface area contributed by atoms with Gasteiger partial charge in [0.2, 0.25) is 0 Å². The van der Waals surface area contributed by atoms with E-state index in [1.54, 1.807) is 0 Å². The van der Waals surface area contributed by atoms with Crippen molar-refractivity contribution in [2.45, 2.75) is 11.5 Å². The Morgan fingerprint density at radius 3 is 2.65 bits per heavy atom. The molecule has 0 aromatic heterocycles. The summed E-state index contributed by atoms with van der Waals surface area (Å²) in [5.74, 6) is 0. The highest BCUT2D eigenvalue weighted by atomic mass is 35.5. The van der Waals surface area contributed by atoms with E-state index in [9.17, 15) is 0 Å². The molecule has 92 valence electrons. The van der Waals surface area contributed by atoms with Crippen LogP contribution in [0.5, 0.6) is 0 Å². The molecule has 2 aliphatic heterocycles. The van der Waals surface area contributed by atoms with Crippen LogP contribution in [0.2, 0.25) is 5.02 Å². The van der Waals surface area contributed by atoms with E-state index >= 15 is 0 Å². The molecule has 2 fully saturated rings. The van der Waals surface area contributed by atoms with Gasteiger partial charge in [-0.25, -0.2) is 0 Å². The third kappa shape index (κ3) is 1.87. The summed E-state index contributed by atoms with van der Waals surface area (Å²) < 4.78 is 11.0. The molecule has 2 saturated heterocycles. The fourth-order valence-corrected chi connectivity index (χ4v) is 2.98. The average molecular weight is 254 g/mol. The van der Waals surface area contributed by atoms with Crippen molar-refractivity contribution in [3.63, 3.8) is 0 Å². The van der Waals surface area contributed by atoms with Crippen LogP contribution in [-0.2, 0) is 14.9 Å². The van der Waals surface area contributed by atoms with E-state index in [2.05, 4.69) is 11.4 Å². The second-order valence-corrected chi connectivity index (χ2v) is 5.12. The van der Waals surface area contributed by atoms with Gasteiger partial charge in [-0.3, -0.25) is 0 Å². The number of hydrogen-bond donors (Lipinski definition) is 1. The first-order valence-corrected chi connectivity index (χ1v) is 6.35. The minimum atomic E-state index is -0.0151. The van der Waals surface area contributed by atoms with Crippen molar-refractivity contribution < 1.29 is 9.47 Å². The average Bonchev–Trinajstić information content (AvgIpc) is 2.32. The van der Waals surface area contributed by atoms with Gasteiger partial charge in [0.25, 0.3) is 0 Å². The molecule has 2 aliphatic rings. The second-order valence-electron chi connectivity index (χ2n) is 4.71. The van der Waals surface area contributed by atoms with Crippen molar-refractivity contribution in [2.75, 3.05) is 33.0 Å². The highest BCUT2D eigenvalue weighted by Gasteiger charge is 2.48. The summed E-state index contributed by atoms with van der Waals surface area (Å²) in [6.07, 6.45) is 0. The molecule has 1 aromatic carbocycles. The fourth-order valence-electron chi connectivity index (χ4n) is 2.65. The number of ether oxygens (including phenoxy) is 2. The van der Waals surface area contributed by atoms with E-state index in [1.165, 1.54) is 5.56 Å². The summed E-state index contributed by atoms with van der Waals surface area (Å²) in [4.78, 5) is 0. The maximum absolute atomic E-state index is 6.32. The number of morpholine rings is 1. The Morgan fingerprint density at radius 2 is 2.06 bits per heavy atom. The van der Waals surface area contributed by atoms with Gasteiger partial charge < -0.3 is 14.8 Å². The highest BCUT2D eigenvalue weighted by Crippen LogP contribution is 2.39. The molecule has 3 nitrogen and oxygen atoms in total. The van der Waals surface area contributed by atoms with Crippen LogP contribution >= 0.6 is 11.6 Å². The summed E-state index contributed by atoms with van der Waals surface area (Å²) >= 11 is 6.32. The smallest absolute Gasteiger partial charge is 0.0630 e. The van der Waals surface area contributed by atoms with Gasteiger partial charge in [0.05, 0.1) is 31.8 Å². The van der Waals surface area contributed by atoms with Gasteiger partial charge >= 0.3 is 0 Å². The van der Waals surface area contributed by atoms with E-state index in [-0.39, 0.29) is 5.41 Å². The van der Waals surface area contributed by atoms with Gasteiger partial charge in [-0.1, -0.05) is 29.8 Å². The predicted molar refractivity (Wildman–Crippen MR) is 66.6 cm³/mol. The molecule has 0 amide bonds.